The maximum Gasteiger partial charge on any atom is 0.327 e. The number of rotatable bonds is 2. The van der Waals surface area contributed by atoms with Crippen LogP contribution in [0.3, 0.4) is 0 Å². The molecule has 0 aliphatic carbocycles. The summed E-state index contributed by atoms with van der Waals surface area (Å²) in [6.07, 6.45) is 1.89. The Hall–Kier alpha value is -0.580. The molecule has 5 heteroatoms. The molecule has 0 aliphatic heterocycles. The maximum absolute atomic E-state index is 9.47. The number of carbonyl (C=O) groups is 2. The summed E-state index contributed by atoms with van der Waals surface area (Å²) in [5.74, 6) is -1.46. The molecule has 0 bridgehead atoms. The van der Waals surface area contributed by atoms with Gasteiger partial charge >= 0.3 is 5.97 Å². The molecule has 0 aromatic carbocycles. The molecule has 0 aliphatic rings. The number of carboxylic acids is 1. The van der Waals surface area contributed by atoms with Gasteiger partial charge in [0.2, 0.25) is 5.91 Å². The smallest absolute Gasteiger partial charge is 0.327 e. The van der Waals surface area contributed by atoms with Crippen molar-refractivity contribution in [3.63, 3.8) is 0 Å². The first-order chi connectivity index (χ1) is 4.54. The number of nitrogens with two attached hydrogens (primary N) is 1. The van der Waals surface area contributed by atoms with Crippen molar-refractivity contribution in [3.05, 3.63) is 25.3 Å². The Balaban J connectivity index is -0.000000107. The standard InChI is InChI=1S/C3H5NO.C3H4O2.Na/c2*1-2-3(4)5;/h2H,1H2,(H2,4,5);2H,1H2,(H,4,5);. The van der Waals surface area contributed by atoms with Crippen molar-refractivity contribution < 1.29 is 14.7 Å². The summed E-state index contributed by atoms with van der Waals surface area (Å²) in [5.41, 5.74) is 4.53. The van der Waals surface area contributed by atoms with E-state index in [9.17, 15) is 9.59 Å². The van der Waals surface area contributed by atoms with E-state index in [1.807, 2.05) is 0 Å². The fourth-order valence-corrected chi connectivity index (χ4v) is 0. The average molecular weight is 166 g/mol. The molecule has 57 valence electrons. The van der Waals surface area contributed by atoms with Crippen LogP contribution in [0.4, 0.5) is 0 Å². The molecule has 11 heavy (non-hydrogen) atoms. The van der Waals surface area contributed by atoms with E-state index in [1.54, 1.807) is 0 Å². The number of hydrogen-bond acceptors (Lipinski definition) is 2. The minimum atomic E-state index is -0.981. The summed E-state index contributed by atoms with van der Waals surface area (Å²) in [6, 6.07) is 0. The second-order valence-corrected chi connectivity index (χ2v) is 1.15. The van der Waals surface area contributed by atoms with E-state index in [2.05, 4.69) is 18.9 Å². The van der Waals surface area contributed by atoms with Crippen LogP contribution >= 0.6 is 0 Å². The molecule has 4 nitrogen and oxygen atoms in total. The van der Waals surface area contributed by atoms with Gasteiger partial charge in [-0.3, -0.25) is 4.79 Å². The predicted octanol–water partition coefficient (Wildman–Crippen LogP) is -0.466. The molecule has 3 N–H and O–H groups in total. The molecule has 0 atom stereocenters. The molecule has 1 radical (unpaired) electrons. The van der Waals surface area contributed by atoms with Gasteiger partial charge in [0.15, 0.2) is 0 Å². The van der Waals surface area contributed by atoms with Crippen LogP contribution in [0.5, 0.6) is 0 Å². The van der Waals surface area contributed by atoms with Crippen LogP contribution in [-0.2, 0) is 9.59 Å². The third kappa shape index (κ3) is 44.3. The van der Waals surface area contributed by atoms with Crippen molar-refractivity contribution in [1.82, 2.24) is 0 Å². The van der Waals surface area contributed by atoms with Gasteiger partial charge in [0.05, 0.1) is 0 Å². The molecule has 0 spiro atoms. The molecule has 0 saturated heterocycles. The molecule has 0 aromatic heterocycles. The molecule has 0 fully saturated rings. The molecule has 0 unspecified atom stereocenters. The molecular formula is C6H9NNaO3. The zero-order chi connectivity index (χ0) is 8.57. The number of amides is 1. The van der Waals surface area contributed by atoms with Crippen LogP contribution in [0.2, 0.25) is 0 Å². The molecule has 1 amide bonds. The van der Waals surface area contributed by atoms with Crippen LogP contribution in [0.25, 0.3) is 0 Å². The van der Waals surface area contributed by atoms with Crippen LogP contribution in [0, 0.1) is 0 Å². The molecular weight excluding hydrogens is 157 g/mol. The van der Waals surface area contributed by atoms with Crippen LogP contribution in [0.1, 0.15) is 0 Å². The summed E-state index contributed by atoms with van der Waals surface area (Å²) >= 11 is 0. The fraction of sp³-hybridized carbons (Fsp3) is 0. The van der Waals surface area contributed by atoms with E-state index in [1.165, 1.54) is 0 Å². The Kier molecular flexibility index (Phi) is 18.5. The van der Waals surface area contributed by atoms with Crippen LogP contribution in [-0.4, -0.2) is 46.5 Å². The van der Waals surface area contributed by atoms with Crippen molar-refractivity contribution in [2.75, 3.05) is 0 Å². The van der Waals surface area contributed by atoms with Crippen molar-refractivity contribution in [1.29, 1.82) is 0 Å². The first-order valence-electron chi connectivity index (χ1n) is 2.31. The third-order valence-electron chi connectivity index (χ3n) is 0.376. The van der Waals surface area contributed by atoms with Crippen LogP contribution < -0.4 is 5.73 Å². The molecule has 0 rings (SSSR count). The number of carboxylic acid groups (broad SMARTS) is 1. The van der Waals surface area contributed by atoms with Gasteiger partial charge < -0.3 is 10.8 Å². The van der Waals surface area contributed by atoms with E-state index in [4.69, 9.17) is 5.11 Å². The summed E-state index contributed by atoms with van der Waals surface area (Å²) in [7, 11) is 0. The first kappa shape index (κ1) is 16.8. The zero-order valence-electron chi connectivity index (χ0n) is 6.41. The van der Waals surface area contributed by atoms with Crippen LogP contribution in [0.15, 0.2) is 25.3 Å². The molecule has 0 aromatic rings. The molecule has 0 saturated carbocycles. The second-order valence-electron chi connectivity index (χ2n) is 1.15. The topological polar surface area (TPSA) is 80.4 Å². The second kappa shape index (κ2) is 12.1. The summed E-state index contributed by atoms with van der Waals surface area (Å²) in [6.45, 7) is 6.05. The van der Waals surface area contributed by atoms with Crippen molar-refractivity contribution in [3.8, 4) is 0 Å². The Morgan fingerprint density at radius 3 is 1.45 bits per heavy atom. The average Bonchev–Trinajstić information content (AvgIpc) is 1.89. The minimum Gasteiger partial charge on any atom is -0.478 e. The normalized spacial score (nSPS) is 5.82. The fourth-order valence-electron chi connectivity index (χ4n) is 0. The number of hydrogen-bond donors (Lipinski definition) is 2. The Morgan fingerprint density at radius 2 is 1.45 bits per heavy atom. The number of carbonyl (C=O) groups excluding carboxylic acids is 1. The van der Waals surface area contributed by atoms with Gasteiger partial charge in [0.1, 0.15) is 0 Å². The quantitative estimate of drug-likeness (QED) is 0.430. The maximum atomic E-state index is 9.47. The summed E-state index contributed by atoms with van der Waals surface area (Å²) < 4.78 is 0. The molecule has 0 heterocycles. The SMILES string of the molecule is C=CC(=O)O.C=CC(N)=O.[Na]. The van der Waals surface area contributed by atoms with Gasteiger partial charge in [-0.1, -0.05) is 13.2 Å². The van der Waals surface area contributed by atoms with E-state index in [-0.39, 0.29) is 29.6 Å². The Morgan fingerprint density at radius 1 is 1.27 bits per heavy atom. The van der Waals surface area contributed by atoms with Crippen molar-refractivity contribution in [2.24, 2.45) is 5.73 Å². The third-order valence-corrected chi connectivity index (χ3v) is 0.376. The zero-order valence-corrected chi connectivity index (χ0v) is 8.41. The monoisotopic (exact) mass is 166 g/mol. The van der Waals surface area contributed by atoms with Gasteiger partial charge in [-0.2, -0.15) is 0 Å². The van der Waals surface area contributed by atoms with E-state index >= 15 is 0 Å². The Bertz CT molecular complexity index is 138. The largest absolute Gasteiger partial charge is 0.478 e. The van der Waals surface area contributed by atoms with Gasteiger partial charge in [-0.15, -0.1) is 0 Å². The first-order valence-corrected chi connectivity index (χ1v) is 2.31. The van der Waals surface area contributed by atoms with Gasteiger partial charge in [-0.05, 0) is 6.08 Å². The van der Waals surface area contributed by atoms with Gasteiger partial charge in [-0.25, -0.2) is 4.79 Å². The number of aliphatic carboxylic acids is 1. The minimum absolute atomic E-state index is 0. The van der Waals surface area contributed by atoms with Gasteiger partial charge in [0.25, 0.3) is 0 Å². The summed E-state index contributed by atoms with van der Waals surface area (Å²) in [4.78, 5) is 18.7. The number of primary amides is 1. The summed E-state index contributed by atoms with van der Waals surface area (Å²) in [5, 5.41) is 7.60. The van der Waals surface area contributed by atoms with Crippen molar-refractivity contribution in [2.45, 2.75) is 0 Å². The van der Waals surface area contributed by atoms with Crippen molar-refractivity contribution >= 4 is 41.4 Å². The van der Waals surface area contributed by atoms with Gasteiger partial charge in [0, 0.05) is 35.6 Å². The van der Waals surface area contributed by atoms with E-state index in [0.29, 0.717) is 0 Å². The van der Waals surface area contributed by atoms with E-state index in [0.717, 1.165) is 12.2 Å². The Labute approximate surface area is 87.1 Å². The van der Waals surface area contributed by atoms with E-state index < -0.39 is 11.9 Å². The predicted molar refractivity (Wildman–Crippen MR) is 43.0 cm³/mol.